The summed E-state index contributed by atoms with van der Waals surface area (Å²) in [5.41, 5.74) is 5.35. The molecule has 0 aliphatic rings. The average Bonchev–Trinajstić information content (AvgIpc) is 2.05. The normalized spacial score (nSPS) is 15.9. The Labute approximate surface area is 73.1 Å². The first-order valence-corrected chi connectivity index (χ1v) is 4.22. The van der Waals surface area contributed by atoms with Crippen LogP contribution in [0.4, 0.5) is 0 Å². The van der Waals surface area contributed by atoms with Crippen LogP contribution in [0.3, 0.4) is 0 Å². The number of hydrogen-bond acceptors (Lipinski definition) is 4. The first kappa shape index (κ1) is 10.9. The minimum absolute atomic E-state index is 0.274. The van der Waals surface area contributed by atoms with Gasteiger partial charge in [-0.2, -0.15) is 12.6 Å². The van der Waals surface area contributed by atoms with E-state index < -0.39 is 4.75 Å². The molecule has 0 fully saturated rings. The maximum Gasteiger partial charge on any atom is 0.138 e. The van der Waals surface area contributed by atoms with E-state index in [-0.39, 0.29) is 6.54 Å². The summed E-state index contributed by atoms with van der Waals surface area (Å²) in [4.78, 5) is 10.5. The van der Waals surface area contributed by atoms with Gasteiger partial charge in [-0.1, -0.05) is 6.92 Å². The lowest BCUT2D eigenvalue weighted by Gasteiger charge is -2.19. The zero-order chi connectivity index (χ0) is 8.74. The molecular weight excluding hydrogens is 160 g/mol. The van der Waals surface area contributed by atoms with E-state index >= 15 is 0 Å². The maximum absolute atomic E-state index is 10.5. The maximum atomic E-state index is 10.5. The van der Waals surface area contributed by atoms with E-state index in [0.717, 1.165) is 19.3 Å². The van der Waals surface area contributed by atoms with Crippen molar-refractivity contribution in [3.8, 4) is 0 Å². The van der Waals surface area contributed by atoms with Gasteiger partial charge in [-0.25, -0.2) is 0 Å². The number of thiol groups is 1. The number of nitrogens with one attached hydrogen (secondary N) is 1. The summed E-state index contributed by atoms with van der Waals surface area (Å²) in [5, 5.41) is 3.09. The van der Waals surface area contributed by atoms with Gasteiger partial charge in [0, 0.05) is 13.1 Å². The lowest BCUT2D eigenvalue weighted by atomic mass is 10.1. The second-order valence-electron chi connectivity index (χ2n) is 2.60. The monoisotopic (exact) mass is 176 g/mol. The highest BCUT2D eigenvalue weighted by Crippen LogP contribution is 2.06. The molecule has 0 radical (unpaired) electrons. The standard InChI is InChI=1S/C7H16N2OS/c1-2-3-9-5-7(11,4-8)6-10/h6,9,11H,2-5,8H2,1H3/t7-/m1/s1. The SMILES string of the molecule is CCCNC[C@@](S)(C=O)CN. The Morgan fingerprint density at radius 1 is 1.73 bits per heavy atom. The van der Waals surface area contributed by atoms with Crippen molar-refractivity contribution in [1.82, 2.24) is 5.32 Å². The molecule has 0 saturated carbocycles. The highest BCUT2D eigenvalue weighted by Gasteiger charge is 2.21. The van der Waals surface area contributed by atoms with Gasteiger partial charge >= 0.3 is 0 Å². The second-order valence-corrected chi connectivity index (χ2v) is 3.49. The van der Waals surface area contributed by atoms with E-state index in [4.69, 9.17) is 5.73 Å². The summed E-state index contributed by atoms with van der Waals surface area (Å²) in [6.07, 6.45) is 1.84. The van der Waals surface area contributed by atoms with Gasteiger partial charge < -0.3 is 15.8 Å². The Balaban J connectivity index is 3.60. The molecule has 0 bridgehead atoms. The van der Waals surface area contributed by atoms with Crippen LogP contribution in [0.5, 0.6) is 0 Å². The second kappa shape index (κ2) is 5.57. The minimum Gasteiger partial charge on any atom is -0.329 e. The van der Waals surface area contributed by atoms with E-state index in [1.54, 1.807) is 0 Å². The van der Waals surface area contributed by atoms with Gasteiger partial charge in [-0.3, -0.25) is 0 Å². The van der Waals surface area contributed by atoms with Crippen molar-refractivity contribution in [2.24, 2.45) is 5.73 Å². The fourth-order valence-corrected chi connectivity index (χ4v) is 0.755. The largest absolute Gasteiger partial charge is 0.329 e. The molecule has 0 aromatic rings. The molecule has 0 heterocycles. The van der Waals surface area contributed by atoms with Gasteiger partial charge in [0.05, 0.1) is 4.75 Å². The number of nitrogens with two attached hydrogens (primary N) is 1. The molecule has 3 N–H and O–H groups in total. The van der Waals surface area contributed by atoms with E-state index in [1.165, 1.54) is 0 Å². The fraction of sp³-hybridized carbons (Fsp3) is 0.857. The molecule has 0 aromatic carbocycles. The Hall–Kier alpha value is -0.0600. The summed E-state index contributed by atoms with van der Waals surface area (Å²) >= 11 is 4.14. The fourth-order valence-electron chi connectivity index (χ4n) is 0.644. The number of rotatable bonds is 6. The van der Waals surface area contributed by atoms with Crippen molar-refractivity contribution in [2.45, 2.75) is 18.1 Å². The zero-order valence-electron chi connectivity index (χ0n) is 6.84. The third kappa shape index (κ3) is 4.40. The van der Waals surface area contributed by atoms with Crippen LogP contribution in [0.25, 0.3) is 0 Å². The molecule has 0 spiro atoms. The van der Waals surface area contributed by atoms with Crippen LogP contribution < -0.4 is 11.1 Å². The smallest absolute Gasteiger partial charge is 0.138 e. The van der Waals surface area contributed by atoms with Crippen LogP contribution in [0.15, 0.2) is 0 Å². The first-order chi connectivity index (χ1) is 5.18. The van der Waals surface area contributed by atoms with Crippen LogP contribution >= 0.6 is 12.6 Å². The Kier molecular flexibility index (Phi) is 5.54. The third-order valence-electron chi connectivity index (χ3n) is 1.43. The van der Waals surface area contributed by atoms with E-state index in [0.29, 0.717) is 6.54 Å². The molecule has 0 amide bonds. The molecule has 0 rings (SSSR count). The van der Waals surface area contributed by atoms with Gasteiger partial charge in [-0.15, -0.1) is 0 Å². The summed E-state index contributed by atoms with van der Waals surface area (Å²) in [6.45, 7) is 3.78. The predicted molar refractivity (Wildman–Crippen MR) is 50.0 cm³/mol. The number of hydrogen-bond donors (Lipinski definition) is 3. The quantitative estimate of drug-likeness (QED) is 0.299. The van der Waals surface area contributed by atoms with Crippen LogP contribution in [-0.2, 0) is 4.79 Å². The number of aldehydes is 1. The lowest BCUT2D eigenvalue weighted by molar-refractivity contribution is -0.109. The van der Waals surface area contributed by atoms with E-state index in [1.807, 2.05) is 0 Å². The molecule has 3 nitrogen and oxygen atoms in total. The molecule has 1 atom stereocenters. The van der Waals surface area contributed by atoms with Crippen molar-refractivity contribution in [3.05, 3.63) is 0 Å². The van der Waals surface area contributed by atoms with Gasteiger partial charge in [0.25, 0.3) is 0 Å². The Bertz CT molecular complexity index is 121. The molecule has 0 aromatic heterocycles. The average molecular weight is 176 g/mol. The molecule has 0 saturated heterocycles. The molecule has 66 valence electrons. The van der Waals surface area contributed by atoms with Crippen molar-refractivity contribution in [2.75, 3.05) is 19.6 Å². The van der Waals surface area contributed by atoms with E-state index in [2.05, 4.69) is 24.9 Å². The third-order valence-corrected chi connectivity index (χ3v) is 1.88. The van der Waals surface area contributed by atoms with Crippen molar-refractivity contribution >= 4 is 18.9 Å². The Morgan fingerprint density at radius 2 is 2.36 bits per heavy atom. The minimum atomic E-state index is -0.685. The highest BCUT2D eigenvalue weighted by molar-refractivity contribution is 7.82. The topological polar surface area (TPSA) is 55.1 Å². The highest BCUT2D eigenvalue weighted by atomic mass is 32.1. The summed E-state index contributed by atoms with van der Waals surface area (Å²) in [7, 11) is 0. The number of carbonyl (C=O) groups excluding carboxylic acids is 1. The Morgan fingerprint density at radius 3 is 2.73 bits per heavy atom. The lowest BCUT2D eigenvalue weighted by Crippen LogP contribution is -2.43. The van der Waals surface area contributed by atoms with Gasteiger partial charge in [0.15, 0.2) is 0 Å². The molecule has 4 heteroatoms. The summed E-state index contributed by atoms with van der Waals surface area (Å²) in [6, 6.07) is 0. The molecule has 0 unspecified atom stereocenters. The molecule has 0 aliphatic carbocycles. The zero-order valence-corrected chi connectivity index (χ0v) is 7.73. The number of carbonyl (C=O) groups is 1. The molecule has 11 heavy (non-hydrogen) atoms. The van der Waals surface area contributed by atoms with Crippen molar-refractivity contribution in [3.63, 3.8) is 0 Å². The summed E-state index contributed by atoms with van der Waals surface area (Å²) in [5.74, 6) is 0. The van der Waals surface area contributed by atoms with Gasteiger partial charge in [0.1, 0.15) is 6.29 Å². The van der Waals surface area contributed by atoms with Crippen LogP contribution in [0.1, 0.15) is 13.3 Å². The summed E-state index contributed by atoms with van der Waals surface area (Å²) < 4.78 is -0.685. The molecular formula is C7H16N2OS. The van der Waals surface area contributed by atoms with Crippen molar-refractivity contribution < 1.29 is 4.79 Å². The molecule has 0 aliphatic heterocycles. The van der Waals surface area contributed by atoms with E-state index in [9.17, 15) is 4.79 Å². The predicted octanol–water partition coefficient (Wildman–Crippen LogP) is -0.188. The van der Waals surface area contributed by atoms with Gasteiger partial charge in [0.2, 0.25) is 0 Å². The first-order valence-electron chi connectivity index (χ1n) is 3.78. The van der Waals surface area contributed by atoms with Crippen molar-refractivity contribution in [1.29, 1.82) is 0 Å². The van der Waals surface area contributed by atoms with Crippen LogP contribution in [0.2, 0.25) is 0 Å². The van der Waals surface area contributed by atoms with Crippen LogP contribution in [0, 0.1) is 0 Å². The van der Waals surface area contributed by atoms with Crippen LogP contribution in [-0.4, -0.2) is 30.7 Å². The van der Waals surface area contributed by atoms with Gasteiger partial charge in [-0.05, 0) is 13.0 Å².